The molecule has 0 aliphatic rings. The van der Waals surface area contributed by atoms with Crippen LogP contribution in [0.2, 0.25) is 0 Å². The van der Waals surface area contributed by atoms with Gasteiger partial charge in [-0.05, 0) is 0 Å². The monoisotopic (exact) mass is 249 g/mol. The Morgan fingerprint density at radius 3 is 2.89 bits per heavy atom. The van der Waals surface area contributed by atoms with E-state index in [1.165, 1.54) is 0 Å². The Labute approximate surface area is 104 Å². The van der Waals surface area contributed by atoms with Gasteiger partial charge in [0, 0.05) is 33.1 Å². The van der Waals surface area contributed by atoms with Crippen molar-refractivity contribution >= 4 is 11.9 Å². The highest BCUT2D eigenvalue weighted by atomic mass is 16.5. The number of rotatable bonds is 5. The molecule has 2 N–H and O–H groups in total. The van der Waals surface area contributed by atoms with Gasteiger partial charge in [0.1, 0.15) is 6.33 Å². The van der Waals surface area contributed by atoms with Gasteiger partial charge in [-0.1, -0.05) is 0 Å². The average Bonchev–Trinajstić information content (AvgIpc) is 2.89. The SMILES string of the molecule is COCCN(C)c1nc(N)nc(-n2ccnc2)n1. The van der Waals surface area contributed by atoms with Crippen molar-refractivity contribution in [3.8, 4) is 5.95 Å². The summed E-state index contributed by atoms with van der Waals surface area (Å²) in [4.78, 5) is 18.3. The molecule has 0 unspecified atom stereocenters. The molecule has 8 nitrogen and oxygen atoms in total. The van der Waals surface area contributed by atoms with Crippen LogP contribution in [0.3, 0.4) is 0 Å². The second kappa shape index (κ2) is 5.41. The summed E-state index contributed by atoms with van der Waals surface area (Å²) in [5.74, 6) is 1.12. The van der Waals surface area contributed by atoms with E-state index in [1.54, 1.807) is 30.4 Å². The minimum absolute atomic E-state index is 0.174. The van der Waals surface area contributed by atoms with Crippen molar-refractivity contribution in [2.24, 2.45) is 0 Å². The fourth-order valence-corrected chi connectivity index (χ4v) is 1.36. The fraction of sp³-hybridized carbons (Fsp3) is 0.400. The quantitative estimate of drug-likeness (QED) is 0.778. The number of anilines is 2. The van der Waals surface area contributed by atoms with Crippen molar-refractivity contribution in [3.63, 3.8) is 0 Å². The molecule has 8 heteroatoms. The third kappa shape index (κ3) is 2.72. The van der Waals surface area contributed by atoms with Crippen molar-refractivity contribution in [3.05, 3.63) is 18.7 Å². The summed E-state index contributed by atoms with van der Waals surface area (Å²) in [7, 11) is 3.51. The second-order valence-corrected chi connectivity index (χ2v) is 3.68. The van der Waals surface area contributed by atoms with Gasteiger partial charge in [0.25, 0.3) is 0 Å². The topological polar surface area (TPSA) is 95.0 Å². The molecule has 96 valence electrons. The Hall–Kier alpha value is -2.22. The van der Waals surface area contributed by atoms with Crippen LogP contribution in [0, 0.1) is 0 Å². The lowest BCUT2D eigenvalue weighted by molar-refractivity contribution is 0.206. The van der Waals surface area contributed by atoms with E-state index in [1.807, 2.05) is 11.9 Å². The first-order valence-corrected chi connectivity index (χ1v) is 5.40. The third-order valence-electron chi connectivity index (χ3n) is 2.34. The fourth-order valence-electron chi connectivity index (χ4n) is 1.36. The van der Waals surface area contributed by atoms with E-state index in [0.29, 0.717) is 25.0 Å². The summed E-state index contributed by atoms with van der Waals surface area (Å²) in [6, 6.07) is 0. The van der Waals surface area contributed by atoms with E-state index in [-0.39, 0.29) is 5.95 Å². The molecule has 0 aliphatic carbocycles. The van der Waals surface area contributed by atoms with E-state index in [4.69, 9.17) is 10.5 Å². The largest absolute Gasteiger partial charge is 0.383 e. The molecule has 0 aromatic carbocycles. The van der Waals surface area contributed by atoms with Crippen LogP contribution in [0.1, 0.15) is 0 Å². The number of hydrogen-bond donors (Lipinski definition) is 1. The lowest BCUT2D eigenvalue weighted by Crippen LogP contribution is -2.25. The number of ether oxygens (including phenoxy) is 1. The molecular formula is C10H15N7O. The van der Waals surface area contributed by atoms with Crippen LogP contribution in [0.4, 0.5) is 11.9 Å². The molecule has 2 rings (SSSR count). The summed E-state index contributed by atoms with van der Waals surface area (Å²) < 4.78 is 6.68. The lowest BCUT2D eigenvalue weighted by atomic mass is 10.6. The Morgan fingerprint density at radius 2 is 2.22 bits per heavy atom. The van der Waals surface area contributed by atoms with Crippen LogP contribution in [-0.4, -0.2) is 51.8 Å². The molecule has 18 heavy (non-hydrogen) atoms. The number of nitrogen functional groups attached to an aromatic ring is 1. The number of nitrogens with zero attached hydrogens (tertiary/aromatic N) is 6. The summed E-state index contributed by atoms with van der Waals surface area (Å²) in [6.45, 7) is 1.26. The summed E-state index contributed by atoms with van der Waals surface area (Å²) >= 11 is 0. The zero-order chi connectivity index (χ0) is 13.0. The van der Waals surface area contributed by atoms with Crippen LogP contribution in [0.15, 0.2) is 18.7 Å². The Balaban J connectivity index is 2.26. The standard InChI is InChI=1S/C10H15N7O/c1-16(5-6-18-2)9-13-8(11)14-10(15-9)17-4-3-12-7-17/h3-4,7H,5-6H2,1-2H3,(H2,11,13,14,15). The maximum atomic E-state index is 5.68. The molecule has 0 saturated carbocycles. The van der Waals surface area contributed by atoms with Crippen molar-refractivity contribution in [2.45, 2.75) is 0 Å². The summed E-state index contributed by atoms with van der Waals surface area (Å²) in [6.07, 6.45) is 5.00. The van der Waals surface area contributed by atoms with E-state index >= 15 is 0 Å². The van der Waals surface area contributed by atoms with Gasteiger partial charge in [0.2, 0.25) is 17.8 Å². The molecule has 0 amide bonds. The third-order valence-corrected chi connectivity index (χ3v) is 2.34. The molecule has 0 saturated heterocycles. The second-order valence-electron chi connectivity index (χ2n) is 3.68. The van der Waals surface area contributed by atoms with Crippen molar-refractivity contribution in [2.75, 3.05) is 37.9 Å². The molecular weight excluding hydrogens is 234 g/mol. The Morgan fingerprint density at radius 1 is 1.39 bits per heavy atom. The molecule has 2 aromatic heterocycles. The molecule has 2 aromatic rings. The van der Waals surface area contributed by atoms with Gasteiger partial charge in [0.05, 0.1) is 6.61 Å². The van der Waals surface area contributed by atoms with E-state index in [9.17, 15) is 0 Å². The number of imidazole rings is 1. The maximum absolute atomic E-state index is 5.68. The van der Waals surface area contributed by atoms with E-state index in [0.717, 1.165) is 0 Å². The highest BCUT2D eigenvalue weighted by Gasteiger charge is 2.09. The number of aromatic nitrogens is 5. The van der Waals surface area contributed by atoms with Gasteiger partial charge in [0.15, 0.2) is 0 Å². The predicted molar refractivity (Wildman–Crippen MR) is 66.5 cm³/mol. The maximum Gasteiger partial charge on any atom is 0.241 e. The minimum atomic E-state index is 0.174. The van der Waals surface area contributed by atoms with Gasteiger partial charge < -0.3 is 15.4 Å². The van der Waals surface area contributed by atoms with Crippen molar-refractivity contribution in [1.29, 1.82) is 0 Å². The Bertz CT molecular complexity index is 499. The smallest absolute Gasteiger partial charge is 0.241 e. The minimum Gasteiger partial charge on any atom is -0.383 e. The summed E-state index contributed by atoms with van der Waals surface area (Å²) in [5.41, 5.74) is 5.68. The van der Waals surface area contributed by atoms with Gasteiger partial charge in [-0.25, -0.2) is 4.98 Å². The highest BCUT2D eigenvalue weighted by Crippen LogP contribution is 2.09. The Kier molecular flexibility index (Phi) is 3.68. The number of methoxy groups -OCH3 is 1. The average molecular weight is 249 g/mol. The molecule has 0 radical (unpaired) electrons. The molecule has 2 heterocycles. The molecule has 0 aliphatic heterocycles. The molecule has 0 atom stereocenters. The van der Waals surface area contributed by atoms with E-state index < -0.39 is 0 Å². The first kappa shape index (κ1) is 12.2. The number of likely N-dealkylation sites (N-methyl/N-ethyl adjacent to an activating group) is 1. The highest BCUT2D eigenvalue weighted by molar-refractivity contribution is 5.37. The van der Waals surface area contributed by atoms with Crippen LogP contribution in [0.5, 0.6) is 0 Å². The number of hydrogen-bond acceptors (Lipinski definition) is 7. The van der Waals surface area contributed by atoms with Gasteiger partial charge in [-0.15, -0.1) is 0 Å². The van der Waals surface area contributed by atoms with Crippen LogP contribution in [0.25, 0.3) is 5.95 Å². The zero-order valence-electron chi connectivity index (χ0n) is 10.3. The van der Waals surface area contributed by atoms with Crippen LogP contribution >= 0.6 is 0 Å². The first-order valence-electron chi connectivity index (χ1n) is 5.40. The van der Waals surface area contributed by atoms with Crippen molar-refractivity contribution < 1.29 is 4.74 Å². The predicted octanol–water partition coefficient (Wildman–Crippen LogP) is -0.278. The first-order chi connectivity index (χ1) is 8.70. The van der Waals surface area contributed by atoms with Gasteiger partial charge in [-0.3, -0.25) is 4.57 Å². The molecule has 0 fully saturated rings. The van der Waals surface area contributed by atoms with Crippen molar-refractivity contribution in [1.82, 2.24) is 24.5 Å². The normalized spacial score (nSPS) is 10.6. The van der Waals surface area contributed by atoms with Crippen LogP contribution in [-0.2, 0) is 4.74 Å². The number of nitrogens with two attached hydrogens (primary N) is 1. The molecule has 0 bridgehead atoms. The van der Waals surface area contributed by atoms with Crippen LogP contribution < -0.4 is 10.6 Å². The lowest BCUT2D eigenvalue weighted by Gasteiger charge is -2.16. The van der Waals surface area contributed by atoms with E-state index in [2.05, 4.69) is 19.9 Å². The molecule has 0 spiro atoms. The van der Waals surface area contributed by atoms with Gasteiger partial charge in [-0.2, -0.15) is 15.0 Å². The zero-order valence-corrected chi connectivity index (χ0v) is 10.3. The van der Waals surface area contributed by atoms with Gasteiger partial charge >= 0.3 is 0 Å². The summed E-state index contributed by atoms with van der Waals surface area (Å²) in [5, 5.41) is 0.